The van der Waals surface area contributed by atoms with Crippen LogP contribution < -0.4 is 9.46 Å². The maximum absolute atomic E-state index is 13.5. The summed E-state index contributed by atoms with van der Waals surface area (Å²) >= 11 is 1.48. The molecule has 9 heteroatoms. The molecule has 0 aliphatic heterocycles. The van der Waals surface area contributed by atoms with Gasteiger partial charge in [-0.25, -0.2) is 12.8 Å². The van der Waals surface area contributed by atoms with Crippen LogP contribution in [0.3, 0.4) is 0 Å². The molecule has 0 saturated carbocycles. The highest BCUT2D eigenvalue weighted by Gasteiger charge is 2.27. The van der Waals surface area contributed by atoms with Gasteiger partial charge in [0, 0.05) is 5.56 Å². The highest BCUT2D eigenvalue weighted by Crippen LogP contribution is 2.21. The molecule has 1 N–H and O–H groups in total. The molecule has 0 aromatic heterocycles. The topological polar surface area (TPSA) is 81.7 Å². The van der Waals surface area contributed by atoms with E-state index in [0.717, 1.165) is 0 Å². The SMILES string of the molecule is COc1ccc(F)cc1COC(=O)C(CCSC)NS(=O)(=O)c1ccccc1. The highest BCUT2D eigenvalue weighted by molar-refractivity contribution is 7.98. The van der Waals surface area contributed by atoms with Gasteiger partial charge in [-0.3, -0.25) is 4.79 Å². The van der Waals surface area contributed by atoms with Crippen molar-refractivity contribution in [3.05, 3.63) is 59.9 Å². The predicted octanol–water partition coefficient (Wildman–Crippen LogP) is 2.98. The smallest absolute Gasteiger partial charge is 0.324 e. The van der Waals surface area contributed by atoms with Gasteiger partial charge in [-0.05, 0) is 48.8 Å². The lowest BCUT2D eigenvalue weighted by Gasteiger charge is -2.18. The van der Waals surface area contributed by atoms with E-state index in [2.05, 4.69) is 4.72 Å². The summed E-state index contributed by atoms with van der Waals surface area (Å²) in [6, 6.07) is 10.6. The van der Waals surface area contributed by atoms with Crippen LogP contribution in [0.2, 0.25) is 0 Å². The zero-order chi connectivity index (χ0) is 20.6. The molecule has 2 aromatic rings. The summed E-state index contributed by atoms with van der Waals surface area (Å²) in [6.07, 6.45) is 2.11. The molecule has 152 valence electrons. The number of thioether (sulfide) groups is 1. The van der Waals surface area contributed by atoms with Gasteiger partial charge in [0.1, 0.15) is 24.2 Å². The monoisotopic (exact) mass is 427 g/mol. The van der Waals surface area contributed by atoms with Crippen LogP contribution in [0.25, 0.3) is 0 Å². The number of hydrogen-bond donors (Lipinski definition) is 1. The molecule has 0 radical (unpaired) electrons. The third kappa shape index (κ3) is 6.22. The molecule has 2 rings (SSSR count). The molecule has 0 fully saturated rings. The standard InChI is InChI=1S/C19H22FNO5S2/c1-25-18-9-8-15(20)12-14(18)13-26-19(22)17(10-11-27-2)21-28(23,24)16-6-4-3-5-7-16/h3-9,12,17,21H,10-11,13H2,1-2H3. The number of carbonyl (C=O) groups is 1. The molecule has 0 saturated heterocycles. The molecule has 0 aliphatic rings. The Labute approximate surface area is 168 Å². The van der Waals surface area contributed by atoms with E-state index in [-0.39, 0.29) is 17.9 Å². The summed E-state index contributed by atoms with van der Waals surface area (Å²) in [4.78, 5) is 12.6. The lowest BCUT2D eigenvalue weighted by Crippen LogP contribution is -2.42. The third-order valence-corrected chi connectivity index (χ3v) is 5.99. The predicted molar refractivity (Wildman–Crippen MR) is 106 cm³/mol. The van der Waals surface area contributed by atoms with E-state index in [1.807, 2.05) is 6.26 Å². The molecule has 2 aromatic carbocycles. The molecule has 6 nitrogen and oxygen atoms in total. The lowest BCUT2D eigenvalue weighted by atomic mass is 10.2. The van der Waals surface area contributed by atoms with Crippen molar-refractivity contribution in [2.75, 3.05) is 19.1 Å². The average molecular weight is 428 g/mol. The van der Waals surface area contributed by atoms with Gasteiger partial charge in [0.15, 0.2) is 0 Å². The largest absolute Gasteiger partial charge is 0.496 e. The maximum atomic E-state index is 13.5. The Morgan fingerprint density at radius 2 is 1.93 bits per heavy atom. The van der Waals surface area contributed by atoms with Crippen molar-refractivity contribution in [1.82, 2.24) is 4.72 Å². The van der Waals surface area contributed by atoms with Crippen molar-refractivity contribution in [3.8, 4) is 5.75 Å². The number of sulfonamides is 1. The van der Waals surface area contributed by atoms with Crippen molar-refractivity contribution in [2.24, 2.45) is 0 Å². The maximum Gasteiger partial charge on any atom is 0.324 e. The van der Waals surface area contributed by atoms with E-state index in [9.17, 15) is 17.6 Å². The van der Waals surface area contributed by atoms with Gasteiger partial charge in [0.2, 0.25) is 10.0 Å². The molecule has 28 heavy (non-hydrogen) atoms. The van der Waals surface area contributed by atoms with Gasteiger partial charge >= 0.3 is 5.97 Å². The van der Waals surface area contributed by atoms with Crippen molar-refractivity contribution in [2.45, 2.75) is 24.0 Å². The number of esters is 1. The van der Waals surface area contributed by atoms with E-state index in [1.165, 1.54) is 49.2 Å². The van der Waals surface area contributed by atoms with Gasteiger partial charge in [0.25, 0.3) is 0 Å². The fourth-order valence-electron chi connectivity index (χ4n) is 2.42. The third-order valence-electron chi connectivity index (χ3n) is 3.86. The first-order chi connectivity index (χ1) is 13.4. The fourth-order valence-corrected chi connectivity index (χ4v) is 4.14. The van der Waals surface area contributed by atoms with Crippen molar-refractivity contribution in [3.63, 3.8) is 0 Å². The van der Waals surface area contributed by atoms with Crippen LogP contribution in [0.1, 0.15) is 12.0 Å². The van der Waals surface area contributed by atoms with E-state index < -0.39 is 27.9 Å². The second kappa shape index (κ2) is 10.4. The Morgan fingerprint density at radius 3 is 2.57 bits per heavy atom. The Hall–Kier alpha value is -2.10. The second-order valence-corrected chi connectivity index (χ2v) is 8.53. The Balaban J connectivity index is 2.12. The average Bonchev–Trinajstić information content (AvgIpc) is 2.70. The van der Waals surface area contributed by atoms with Crippen LogP contribution in [0.4, 0.5) is 4.39 Å². The molecule has 0 bridgehead atoms. The highest BCUT2D eigenvalue weighted by atomic mass is 32.2. The van der Waals surface area contributed by atoms with E-state index in [0.29, 0.717) is 17.1 Å². The first-order valence-corrected chi connectivity index (χ1v) is 11.3. The number of rotatable bonds is 10. The fraction of sp³-hybridized carbons (Fsp3) is 0.316. The van der Waals surface area contributed by atoms with Crippen LogP contribution in [0.5, 0.6) is 5.75 Å². The van der Waals surface area contributed by atoms with E-state index >= 15 is 0 Å². The van der Waals surface area contributed by atoms with Crippen LogP contribution in [-0.4, -0.2) is 39.5 Å². The normalized spacial score (nSPS) is 12.4. The molecular weight excluding hydrogens is 405 g/mol. The Morgan fingerprint density at radius 1 is 1.21 bits per heavy atom. The van der Waals surface area contributed by atoms with Crippen LogP contribution >= 0.6 is 11.8 Å². The van der Waals surface area contributed by atoms with Gasteiger partial charge in [0.05, 0.1) is 12.0 Å². The number of nitrogens with one attached hydrogen (secondary N) is 1. The zero-order valence-corrected chi connectivity index (χ0v) is 17.2. The van der Waals surface area contributed by atoms with Crippen molar-refractivity contribution in [1.29, 1.82) is 0 Å². The summed E-state index contributed by atoms with van der Waals surface area (Å²) < 4.78 is 51.3. The molecular formula is C19H22FNO5S2. The van der Waals surface area contributed by atoms with Crippen LogP contribution in [0.15, 0.2) is 53.4 Å². The second-order valence-electron chi connectivity index (χ2n) is 5.83. The molecule has 0 spiro atoms. The summed E-state index contributed by atoms with van der Waals surface area (Å²) in [7, 11) is -2.46. The molecule has 1 atom stereocenters. The van der Waals surface area contributed by atoms with Crippen molar-refractivity contribution < 1.29 is 27.1 Å². The number of methoxy groups -OCH3 is 1. The first-order valence-electron chi connectivity index (χ1n) is 8.42. The van der Waals surface area contributed by atoms with E-state index in [4.69, 9.17) is 9.47 Å². The van der Waals surface area contributed by atoms with Crippen LogP contribution in [-0.2, 0) is 26.2 Å². The first kappa shape index (κ1) is 22.2. The molecule has 0 amide bonds. The molecule has 0 heterocycles. The number of hydrogen-bond acceptors (Lipinski definition) is 6. The minimum absolute atomic E-state index is 0.0590. The number of ether oxygens (including phenoxy) is 2. The van der Waals surface area contributed by atoms with Crippen LogP contribution in [0, 0.1) is 5.82 Å². The Bertz CT molecular complexity index is 890. The van der Waals surface area contributed by atoms with Gasteiger partial charge < -0.3 is 9.47 Å². The summed E-state index contributed by atoms with van der Waals surface area (Å²) in [5.74, 6) is -0.296. The Kier molecular flexibility index (Phi) is 8.28. The number of carbonyl (C=O) groups excluding carboxylic acids is 1. The molecule has 1 unspecified atom stereocenters. The minimum Gasteiger partial charge on any atom is -0.496 e. The summed E-state index contributed by atoms with van der Waals surface area (Å²) in [6.45, 7) is -0.234. The van der Waals surface area contributed by atoms with Crippen molar-refractivity contribution >= 4 is 27.8 Å². The summed E-state index contributed by atoms with van der Waals surface area (Å²) in [5.41, 5.74) is 0.352. The van der Waals surface area contributed by atoms with Gasteiger partial charge in [-0.15, -0.1) is 0 Å². The van der Waals surface area contributed by atoms with Gasteiger partial charge in [-0.2, -0.15) is 16.5 Å². The number of benzene rings is 2. The summed E-state index contributed by atoms with van der Waals surface area (Å²) in [5, 5.41) is 0. The quantitative estimate of drug-likeness (QED) is 0.587. The minimum atomic E-state index is -3.88. The van der Waals surface area contributed by atoms with E-state index in [1.54, 1.807) is 18.2 Å². The lowest BCUT2D eigenvalue weighted by molar-refractivity contribution is -0.147. The van der Waals surface area contributed by atoms with Gasteiger partial charge in [-0.1, -0.05) is 18.2 Å². The molecule has 0 aliphatic carbocycles. The number of halogens is 1. The zero-order valence-electron chi connectivity index (χ0n) is 15.6.